The number of hydrogen-bond acceptors (Lipinski definition) is 5. The lowest BCUT2D eigenvalue weighted by atomic mass is 10.1. The molecular weight excluding hydrogens is 268 g/mol. The zero-order valence-corrected chi connectivity index (χ0v) is 11.3. The van der Waals surface area contributed by atoms with Crippen LogP contribution in [0.2, 0.25) is 0 Å². The molecule has 0 aliphatic carbocycles. The molecule has 0 bridgehead atoms. The summed E-state index contributed by atoms with van der Waals surface area (Å²) in [6.07, 6.45) is 0.895. The van der Waals surface area contributed by atoms with Gasteiger partial charge in [0.15, 0.2) is 6.10 Å². The molecule has 0 spiro atoms. The Balaban J connectivity index is 0.00000324. The molecule has 0 saturated heterocycles. The summed E-state index contributed by atoms with van der Waals surface area (Å²) < 4.78 is 4.97. The van der Waals surface area contributed by atoms with Gasteiger partial charge in [0.1, 0.15) is 0 Å². The number of rotatable bonds is 7. The lowest BCUT2D eigenvalue weighted by Gasteiger charge is -2.12. The van der Waals surface area contributed by atoms with E-state index < -0.39 is 12.2 Å². The van der Waals surface area contributed by atoms with E-state index in [4.69, 9.17) is 16.2 Å². The van der Waals surface area contributed by atoms with Crippen molar-refractivity contribution in [3.8, 4) is 0 Å². The monoisotopic (exact) mass is 286 g/mol. The van der Waals surface area contributed by atoms with Crippen molar-refractivity contribution in [2.75, 3.05) is 13.1 Å². The minimum absolute atomic E-state index is 0. The Morgan fingerprint density at radius 3 is 2.68 bits per heavy atom. The number of nitrogens with zero attached hydrogens (tertiary/aromatic N) is 1. The summed E-state index contributed by atoms with van der Waals surface area (Å²) >= 11 is 0. The van der Waals surface area contributed by atoms with Crippen LogP contribution in [0.1, 0.15) is 18.1 Å². The van der Waals surface area contributed by atoms with Crippen molar-refractivity contribution < 1.29 is 9.53 Å². The Hall–Kier alpha value is -1.79. The first-order chi connectivity index (χ1) is 8.74. The molecule has 7 heteroatoms. The maximum Gasteiger partial charge on any atom is 0.405 e. The highest BCUT2D eigenvalue weighted by Crippen LogP contribution is 2.14. The van der Waals surface area contributed by atoms with Crippen LogP contribution in [0.4, 0.5) is 4.79 Å². The Morgan fingerprint density at radius 1 is 1.42 bits per heavy atom. The molecular formula is C12H19ClN4O2. The standard InChI is InChI=1S/C12H18N4O2.ClH/c13-7-4-8-15-16-9-11(18-12(14)17)10-5-2-1-3-6-10;/h1-3,5-6,9,11,15H,4,7-8,13H2,(H2,14,17);1H. The van der Waals surface area contributed by atoms with Crippen LogP contribution < -0.4 is 16.9 Å². The number of ether oxygens (including phenoxy) is 1. The van der Waals surface area contributed by atoms with Gasteiger partial charge in [0.05, 0.1) is 6.21 Å². The molecule has 6 nitrogen and oxygen atoms in total. The predicted molar refractivity (Wildman–Crippen MR) is 77.3 cm³/mol. The first-order valence-corrected chi connectivity index (χ1v) is 5.71. The van der Waals surface area contributed by atoms with Gasteiger partial charge < -0.3 is 21.6 Å². The summed E-state index contributed by atoms with van der Waals surface area (Å²) in [5.41, 5.74) is 14.0. The zero-order chi connectivity index (χ0) is 13.2. The van der Waals surface area contributed by atoms with Crippen LogP contribution >= 0.6 is 12.4 Å². The number of nitrogens with two attached hydrogens (primary N) is 2. The molecule has 1 amide bonds. The summed E-state index contributed by atoms with van der Waals surface area (Å²) in [5, 5.41) is 3.98. The molecule has 0 heterocycles. The molecule has 0 fully saturated rings. The van der Waals surface area contributed by atoms with Crippen molar-refractivity contribution in [2.45, 2.75) is 12.5 Å². The molecule has 0 saturated carbocycles. The molecule has 19 heavy (non-hydrogen) atoms. The fraction of sp³-hybridized carbons (Fsp3) is 0.333. The summed E-state index contributed by atoms with van der Waals surface area (Å²) in [5.74, 6) is 0. The average Bonchev–Trinajstić information content (AvgIpc) is 2.38. The maximum atomic E-state index is 10.8. The molecule has 0 aliphatic rings. The molecule has 1 aromatic carbocycles. The van der Waals surface area contributed by atoms with E-state index in [1.165, 1.54) is 6.21 Å². The second-order valence-corrected chi connectivity index (χ2v) is 3.60. The quantitative estimate of drug-likeness (QED) is 0.398. The van der Waals surface area contributed by atoms with Crippen LogP contribution in [0.25, 0.3) is 0 Å². The smallest absolute Gasteiger partial charge is 0.405 e. The first-order valence-electron chi connectivity index (χ1n) is 5.71. The van der Waals surface area contributed by atoms with Gasteiger partial charge in [-0.3, -0.25) is 0 Å². The third-order valence-corrected chi connectivity index (χ3v) is 2.17. The highest BCUT2D eigenvalue weighted by molar-refractivity contribution is 5.85. The number of nitrogens with one attached hydrogen (secondary N) is 1. The van der Waals surface area contributed by atoms with Crippen LogP contribution in [0.3, 0.4) is 0 Å². The van der Waals surface area contributed by atoms with Crippen LogP contribution in [0, 0.1) is 0 Å². The third kappa shape index (κ3) is 7.28. The van der Waals surface area contributed by atoms with Crippen LogP contribution in [0.5, 0.6) is 0 Å². The molecule has 0 aliphatic heterocycles. The normalized spacial score (nSPS) is 11.6. The van der Waals surface area contributed by atoms with E-state index >= 15 is 0 Å². The van der Waals surface area contributed by atoms with Crippen molar-refractivity contribution in [1.82, 2.24) is 5.43 Å². The molecule has 106 valence electrons. The van der Waals surface area contributed by atoms with E-state index in [9.17, 15) is 4.79 Å². The lowest BCUT2D eigenvalue weighted by Crippen LogP contribution is -2.19. The summed E-state index contributed by atoms with van der Waals surface area (Å²) in [7, 11) is 0. The number of benzene rings is 1. The Labute approximate surface area is 118 Å². The van der Waals surface area contributed by atoms with Gasteiger partial charge in [-0.15, -0.1) is 12.4 Å². The third-order valence-electron chi connectivity index (χ3n) is 2.17. The Morgan fingerprint density at radius 2 is 2.11 bits per heavy atom. The molecule has 5 N–H and O–H groups in total. The van der Waals surface area contributed by atoms with E-state index in [2.05, 4.69) is 10.5 Å². The van der Waals surface area contributed by atoms with Crippen molar-refractivity contribution in [3.05, 3.63) is 35.9 Å². The van der Waals surface area contributed by atoms with Gasteiger partial charge in [0, 0.05) is 6.54 Å². The van der Waals surface area contributed by atoms with Crippen molar-refractivity contribution in [2.24, 2.45) is 16.6 Å². The van der Waals surface area contributed by atoms with E-state index in [1.807, 2.05) is 30.3 Å². The molecule has 1 atom stereocenters. The number of hydrazone groups is 1. The second kappa shape index (κ2) is 10.2. The molecule has 1 aromatic rings. The van der Waals surface area contributed by atoms with Gasteiger partial charge >= 0.3 is 6.09 Å². The minimum atomic E-state index is -0.836. The number of carbonyl (C=O) groups excluding carboxylic acids is 1. The number of hydrogen-bond donors (Lipinski definition) is 3. The summed E-state index contributed by atoms with van der Waals surface area (Å²) in [6.45, 7) is 1.27. The van der Waals surface area contributed by atoms with Gasteiger partial charge in [0.25, 0.3) is 0 Å². The summed E-state index contributed by atoms with van der Waals surface area (Å²) in [4.78, 5) is 10.8. The van der Waals surface area contributed by atoms with E-state index in [0.29, 0.717) is 13.1 Å². The van der Waals surface area contributed by atoms with E-state index in [1.54, 1.807) is 0 Å². The van der Waals surface area contributed by atoms with E-state index in [0.717, 1.165) is 12.0 Å². The fourth-order valence-corrected chi connectivity index (χ4v) is 1.32. The SMILES string of the molecule is Cl.NCCCNN=CC(OC(N)=O)c1ccccc1. The molecule has 0 aromatic heterocycles. The van der Waals surface area contributed by atoms with Crippen LogP contribution in [0.15, 0.2) is 35.4 Å². The van der Waals surface area contributed by atoms with Crippen LogP contribution in [-0.4, -0.2) is 25.4 Å². The number of halogens is 1. The van der Waals surface area contributed by atoms with Crippen molar-refractivity contribution in [1.29, 1.82) is 0 Å². The van der Waals surface area contributed by atoms with Gasteiger partial charge in [-0.2, -0.15) is 5.10 Å². The number of primary amides is 1. The zero-order valence-electron chi connectivity index (χ0n) is 10.5. The van der Waals surface area contributed by atoms with Crippen molar-refractivity contribution >= 4 is 24.7 Å². The van der Waals surface area contributed by atoms with Gasteiger partial charge in [-0.25, -0.2) is 4.79 Å². The Kier molecular flexibility index (Phi) is 9.20. The minimum Gasteiger partial charge on any atom is -0.436 e. The van der Waals surface area contributed by atoms with Crippen LogP contribution in [-0.2, 0) is 4.74 Å². The van der Waals surface area contributed by atoms with Crippen molar-refractivity contribution in [3.63, 3.8) is 0 Å². The maximum absolute atomic E-state index is 10.8. The molecule has 0 radical (unpaired) electrons. The first kappa shape index (κ1) is 17.2. The molecule has 1 rings (SSSR count). The Bertz CT molecular complexity index is 387. The number of carbonyl (C=O) groups is 1. The largest absolute Gasteiger partial charge is 0.436 e. The fourth-order valence-electron chi connectivity index (χ4n) is 1.32. The molecule has 1 unspecified atom stereocenters. The van der Waals surface area contributed by atoms with E-state index in [-0.39, 0.29) is 12.4 Å². The van der Waals surface area contributed by atoms with Gasteiger partial charge in [-0.1, -0.05) is 30.3 Å². The highest BCUT2D eigenvalue weighted by atomic mass is 35.5. The second-order valence-electron chi connectivity index (χ2n) is 3.60. The summed E-state index contributed by atoms with van der Waals surface area (Å²) in [6, 6.07) is 9.24. The lowest BCUT2D eigenvalue weighted by molar-refractivity contribution is 0.139. The number of amides is 1. The van der Waals surface area contributed by atoms with Gasteiger partial charge in [0.2, 0.25) is 0 Å². The average molecular weight is 287 g/mol. The highest BCUT2D eigenvalue weighted by Gasteiger charge is 2.11. The topological polar surface area (TPSA) is 103 Å². The predicted octanol–water partition coefficient (Wildman–Crippen LogP) is 1.17. The van der Waals surface area contributed by atoms with Gasteiger partial charge in [-0.05, 0) is 18.5 Å².